The van der Waals surface area contributed by atoms with Gasteiger partial charge in [0.2, 0.25) is 5.91 Å². The zero-order valence-corrected chi connectivity index (χ0v) is 22.3. The zero-order valence-electron chi connectivity index (χ0n) is 19.1. The average molecular weight is 577 g/mol. The van der Waals surface area contributed by atoms with E-state index in [1.165, 1.54) is 12.8 Å². The van der Waals surface area contributed by atoms with Gasteiger partial charge in [-0.15, -0.1) is 35.3 Å². The maximum atomic E-state index is 12.8. The number of nitrogens with zero attached hydrogens (tertiary/aromatic N) is 5. The van der Waals surface area contributed by atoms with Gasteiger partial charge in [0.1, 0.15) is 0 Å². The molecule has 4 heterocycles. The Balaban J connectivity index is 0.00000289. The van der Waals surface area contributed by atoms with Gasteiger partial charge in [0.05, 0.1) is 18.9 Å². The highest BCUT2D eigenvalue weighted by atomic mass is 127. The number of hydrogen-bond acceptors (Lipinski definition) is 6. The van der Waals surface area contributed by atoms with Gasteiger partial charge in [0, 0.05) is 70.1 Å². The number of aromatic nitrogens is 1. The number of rotatable bonds is 6. The summed E-state index contributed by atoms with van der Waals surface area (Å²) in [6.07, 6.45) is 5.21. The molecule has 3 fully saturated rings. The van der Waals surface area contributed by atoms with E-state index < -0.39 is 0 Å². The Morgan fingerprint density at radius 3 is 2.56 bits per heavy atom. The van der Waals surface area contributed by atoms with Crippen molar-refractivity contribution in [3.8, 4) is 0 Å². The van der Waals surface area contributed by atoms with E-state index in [9.17, 15) is 4.79 Å². The van der Waals surface area contributed by atoms with Crippen molar-refractivity contribution in [3.63, 3.8) is 0 Å². The summed E-state index contributed by atoms with van der Waals surface area (Å²) in [5, 5.41) is 6.78. The highest BCUT2D eigenvalue weighted by Gasteiger charge is 2.30. The second-order valence-electron chi connectivity index (χ2n) is 8.50. The predicted molar refractivity (Wildman–Crippen MR) is 140 cm³/mol. The molecule has 10 heteroatoms. The van der Waals surface area contributed by atoms with Crippen LogP contribution in [0.25, 0.3) is 0 Å². The Bertz CT molecular complexity index is 741. The molecule has 0 spiro atoms. The highest BCUT2D eigenvalue weighted by molar-refractivity contribution is 14.0. The first-order chi connectivity index (χ1) is 15.2. The van der Waals surface area contributed by atoms with E-state index in [0.717, 1.165) is 88.4 Å². The average Bonchev–Trinajstić information content (AvgIpc) is 3.51. The molecular weight excluding hydrogens is 539 g/mol. The second-order valence-corrected chi connectivity index (χ2v) is 9.34. The number of anilines is 1. The van der Waals surface area contributed by atoms with Crippen molar-refractivity contribution in [2.24, 2.45) is 10.9 Å². The van der Waals surface area contributed by atoms with Gasteiger partial charge >= 0.3 is 0 Å². The number of likely N-dealkylation sites (tertiary alicyclic amines) is 1. The monoisotopic (exact) mass is 576 g/mol. The number of thiazole rings is 1. The molecular formula is C22H37IN6O2S. The van der Waals surface area contributed by atoms with Crippen molar-refractivity contribution in [2.75, 3.05) is 70.5 Å². The molecule has 0 saturated carbocycles. The lowest BCUT2D eigenvalue weighted by molar-refractivity contribution is -0.140. The molecule has 3 aliphatic rings. The summed E-state index contributed by atoms with van der Waals surface area (Å²) < 4.78 is 5.38. The largest absolute Gasteiger partial charge is 0.378 e. The van der Waals surface area contributed by atoms with Gasteiger partial charge in [0.15, 0.2) is 11.1 Å². The number of piperidine rings is 1. The number of morpholine rings is 1. The van der Waals surface area contributed by atoms with E-state index in [4.69, 9.17) is 14.7 Å². The molecule has 180 valence electrons. The second kappa shape index (κ2) is 12.9. The SMILES string of the molecule is CCNC(=NCCc1csc(N2CCCC2)n1)N1CCC(C(=O)N2CCOCC2)CC1.I. The van der Waals surface area contributed by atoms with Crippen LogP contribution in [0.5, 0.6) is 0 Å². The van der Waals surface area contributed by atoms with Gasteiger partial charge in [-0.1, -0.05) is 0 Å². The lowest BCUT2D eigenvalue weighted by Crippen LogP contribution is -2.50. The number of halogens is 1. The normalized spacial score (nSPS) is 20.4. The first-order valence-electron chi connectivity index (χ1n) is 11.8. The van der Waals surface area contributed by atoms with Crippen LogP contribution in [0.3, 0.4) is 0 Å². The number of hydrogen-bond donors (Lipinski definition) is 1. The van der Waals surface area contributed by atoms with E-state index in [0.29, 0.717) is 19.1 Å². The van der Waals surface area contributed by atoms with Crippen LogP contribution in [0.1, 0.15) is 38.3 Å². The van der Waals surface area contributed by atoms with Crippen LogP contribution >= 0.6 is 35.3 Å². The number of nitrogens with one attached hydrogen (secondary N) is 1. The Labute approximate surface area is 212 Å². The molecule has 8 nitrogen and oxygen atoms in total. The van der Waals surface area contributed by atoms with E-state index in [2.05, 4.69) is 27.4 Å². The minimum Gasteiger partial charge on any atom is -0.378 e. The molecule has 1 aromatic heterocycles. The third-order valence-electron chi connectivity index (χ3n) is 6.35. The van der Waals surface area contributed by atoms with E-state index in [1.807, 2.05) is 4.90 Å². The summed E-state index contributed by atoms with van der Waals surface area (Å²) in [6, 6.07) is 0. The molecule has 0 aromatic carbocycles. The van der Waals surface area contributed by atoms with Gasteiger partial charge in [0.25, 0.3) is 0 Å². The fourth-order valence-electron chi connectivity index (χ4n) is 4.55. The fraction of sp³-hybridized carbons (Fsp3) is 0.773. The molecule has 0 radical (unpaired) electrons. The molecule has 0 atom stereocenters. The van der Waals surface area contributed by atoms with Crippen LogP contribution in [0.4, 0.5) is 5.13 Å². The predicted octanol–water partition coefficient (Wildman–Crippen LogP) is 2.44. The topological polar surface area (TPSA) is 73.3 Å². The summed E-state index contributed by atoms with van der Waals surface area (Å²) in [7, 11) is 0. The van der Waals surface area contributed by atoms with E-state index >= 15 is 0 Å². The molecule has 0 bridgehead atoms. The van der Waals surface area contributed by atoms with E-state index in [1.54, 1.807) is 11.3 Å². The van der Waals surface area contributed by atoms with Crippen LogP contribution < -0.4 is 10.2 Å². The first kappa shape index (κ1) is 25.5. The minimum atomic E-state index is 0. The molecule has 3 aliphatic heterocycles. The van der Waals surface area contributed by atoms with Gasteiger partial charge in [-0.05, 0) is 32.6 Å². The number of ether oxygens (including phenoxy) is 1. The standard InChI is InChI=1S/C22H36N6O2S.HI/c1-2-23-21(24-8-5-19-17-31-22(25-19)28-9-3-4-10-28)27-11-6-18(7-12-27)20(29)26-13-15-30-16-14-26;/h17-18H,2-16H2,1H3,(H,23,24);1H. The molecule has 1 N–H and O–H groups in total. The van der Waals surface area contributed by atoms with Crippen LogP contribution in [-0.4, -0.2) is 92.2 Å². The molecule has 0 unspecified atom stereocenters. The molecule has 32 heavy (non-hydrogen) atoms. The van der Waals surface area contributed by atoms with Crippen molar-refractivity contribution < 1.29 is 9.53 Å². The summed E-state index contributed by atoms with van der Waals surface area (Å²) in [4.78, 5) is 29.1. The third-order valence-corrected chi connectivity index (χ3v) is 7.30. The Morgan fingerprint density at radius 2 is 1.88 bits per heavy atom. The number of guanidine groups is 1. The smallest absolute Gasteiger partial charge is 0.225 e. The lowest BCUT2D eigenvalue weighted by atomic mass is 9.95. The van der Waals surface area contributed by atoms with E-state index in [-0.39, 0.29) is 29.9 Å². The van der Waals surface area contributed by atoms with Crippen molar-refractivity contribution in [1.82, 2.24) is 20.1 Å². The van der Waals surface area contributed by atoms with Gasteiger partial charge < -0.3 is 24.8 Å². The van der Waals surface area contributed by atoms with Crippen LogP contribution in [0.15, 0.2) is 10.4 Å². The molecule has 1 amide bonds. The number of carbonyl (C=O) groups is 1. The van der Waals surface area contributed by atoms with Gasteiger partial charge in [-0.25, -0.2) is 4.98 Å². The van der Waals surface area contributed by atoms with Gasteiger partial charge in [-0.2, -0.15) is 0 Å². The maximum Gasteiger partial charge on any atom is 0.225 e. The molecule has 3 saturated heterocycles. The lowest BCUT2D eigenvalue weighted by Gasteiger charge is -2.36. The first-order valence-corrected chi connectivity index (χ1v) is 12.7. The summed E-state index contributed by atoms with van der Waals surface area (Å²) in [5.74, 6) is 1.41. The third kappa shape index (κ3) is 6.69. The summed E-state index contributed by atoms with van der Waals surface area (Å²) >= 11 is 1.76. The van der Waals surface area contributed by atoms with Crippen molar-refractivity contribution in [2.45, 2.75) is 39.0 Å². The molecule has 0 aliphatic carbocycles. The van der Waals surface area contributed by atoms with Crippen molar-refractivity contribution in [3.05, 3.63) is 11.1 Å². The van der Waals surface area contributed by atoms with Gasteiger partial charge in [-0.3, -0.25) is 9.79 Å². The molecule has 1 aromatic rings. The number of carbonyl (C=O) groups excluding carboxylic acids is 1. The van der Waals surface area contributed by atoms with Crippen LogP contribution in [0, 0.1) is 5.92 Å². The Hall–Kier alpha value is -1.14. The molecule has 4 rings (SSSR count). The maximum absolute atomic E-state index is 12.8. The van der Waals surface area contributed by atoms with Crippen LogP contribution in [-0.2, 0) is 16.0 Å². The quantitative estimate of drug-likeness (QED) is 0.319. The van der Waals surface area contributed by atoms with Crippen LogP contribution in [0.2, 0.25) is 0 Å². The Kier molecular flexibility index (Phi) is 10.3. The fourth-order valence-corrected chi connectivity index (χ4v) is 5.46. The number of amides is 1. The summed E-state index contributed by atoms with van der Waals surface area (Å²) in [6.45, 7) is 10.5. The van der Waals surface area contributed by atoms with Crippen molar-refractivity contribution >= 4 is 52.3 Å². The zero-order chi connectivity index (χ0) is 21.5. The minimum absolute atomic E-state index is 0. The highest BCUT2D eigenvalue weighted by Crippen LogP contribution is 2.24. The Morgan fingerprint density at radius 1 is 1.16 bits per heavy atom. The van der Waals surface area contributed by atoms with Crippen molar-refractivity contribution in [1.29, 1.82) is 0 Å². The summed E-state index contributed by atoms with van der Waals surface area (Å²) in [5.41, 5.74) is 1.14. The number of aliphatic imine (C=N–C) groups is 1.